The van der Waals surface area contributed by atoms with Gasteiger partial charge in [-0.05, 0) is 0 Å². The number of hydrogen-bond acceptors (Lipinski definition) is 11. The fraction of sp³-hybridized carbons (Fsp3) is 0.526. The third-order valence-electron chi connectivity index (χ3n) is 3.21. The van der Waals surface area contributed by atoms with Crippen LogP contribution in [-0.2, 0) is 14.4 Å². The second kappa shape index (κ2) is 27.3. The first-order valence-electron chi connectivity index (χ1n) is 8.73. The molecule has 14 heteroatoms. The molecule has 0 heterocycles. The molecule has 14 nitrogen and oxygen atoms in total. The highest BCUT2D eigenvalue weighted by Gasteiger charge is 2.27. The molecule has 0 aromatic rings. The Balaban J connectivity index is -0.000000102. The van der Waals surface area contributed by atoms with Gasteiger partial charge in [-0.2, -0.15) is 0 Å². The minimum absolute atomic E-state index is 0.406. The van der Waals surface area contributed by atoms with Crippen LogP contribution < -0.4 is 0 Å². The number of aliphatic hydroxyl groups is 8. The highest BCUT2D eigenvalue weighted by atomic mass is 16.4. The lowest BCUT2D eigenvalue weighted by atomic mass is 9.93. The van der Waals surface area contributed by atoms with Crippen molar-refractivity contribution in [1.29, 1.82) is 0 Å². The van der Waals surface area contributed by atoms with Crippen molar-refractivity contribution in [2.45, 2.75) is 0 Å². The zero-order chi connectivity index (χ0) is 27.5. The van der Waals surface area contributed by atoms with Gasteiger partial charge in [0.2, 0.25) is 0 Å². The highest BCUT2D eigenvalue weighted by Crippen LogP contribution is 2.12. The Morgan fingerprint density at radius 3 is 0.545 bits per heavy atom. The Kier molecular flexibility index (Phi) is 33.7. The second-order valence-electron chi connectivity index (χ2n) is 5.89. The maximum atomic E-state index is 9.25. The molecule has 0 saturated carbocycles. The third-order valence-corrected chi connectivity index (χ3v) is 3.21. The highest BCUT2D eigenvalue weighted by molar-refractivity contribution is 5.79. The molecule has 0 rings (SSSR count). The summed E-state index contributed by atoms with van der Waals surface area (Å²) in [5.74, 6) is -2.94. The first-order valence-corrected chi connectivity index (χ1v) is 8.73. The lowest BCUT2D eigenvalue weighted by molar-refractivity contribution is -0.132. The first-order chi connectivity index (χ1) is 15.3. The smallest absolute Gasteiger partial charge is 0.327 e. The van der Waals surface area contributed by atoms with Gasteiger partial charge in [0.25, 0.3) is 0 Å². The fourth-order valence-electron chi connectivity index (χ4n) is 0.600. The summed E-state index contributed by atoms with van der Waals surface area (Å²) in [4.78, 5) is 27.8. The van der Waals surface area contributed by atoms with E-state index in [1.165, 1.54) is 0 Å². The van der Waals surface area contributed by atoms with E-state index < -0.39 is 81.6 Å². The number of carboxylic acids is 3. The summed E-state index contributed by atoms with van der Waals surface area (Å²) < 4.78 is 0. The Morgan fingerprint density at radius 2 is 0.545 bits per heavy atom. The van der Waals surface area contributed by atoms with Crippen molar-refractivity contribution in [3.8, 4) is 0 Å². The van der Waals surface area contributed by atoms with Crippen molar-refractivity contribution in [3.63, 3.8) is 0 Å². The number of carboxylic acid groups (broad SMARTS) is 3. The van der Waals surface area contributed by atoms with Crippen LogP contribution in [0.2, 0.25) is 0 Å². The lowest BCUT2D eigenvalue weighted by Gasteiger charge is -2.23. The maximum Gasteiger partial charge on any atom is 0.327 e. The van der Waals surface area contributed by atoms with E-state index in [1.54, 1.807) is 0 Å². The van der Waals surface area contributed by atoms with Crippen LogP contribution in [0.3, 0.4) is 0 Å². The summed E-state index contributed by atoms with van der Waals surface area (Å²) in [6.45, 7) is 5.63. The number of aliphatic carboxylic acids is 3. The van der Waals surface area contributed by atoms with Gasteiger partial charge in [-0.1, -0.05) is 19.7 Å². The first kappa shape index (κ1) is 40.6. The summed E-state index contributed by atoms with van der Waals surface area (Å²) in [6, 6.07) is 0. The zero-order valence-corrected chi connectivity index (χ0v) is 18.2. The van der Waals surface area contributed by atoms with Crippen molar-refractivity contribution in [3.05, 3.63) is 38.0 Å². The molecule has 0 aromatic carbocycles. The van der Waals surface area contributed by atoms with Crippen LogP contribution in [0.4, 0.5) is 0 Å². The number of aliphatic hydroxyl groups excluding tert-OH is 8. The minimum atomic E-state index is -1.11. The Bertz CT molecular complexity index is 427. The van der Waals surface area contributed by atoms with Gasteiger partial charge in [0.15, 0.2) is 0 Å². The Hall–Kier alpha value is -2.69. The molecule has 11 N–H and O–H groups in total. The molecule has 0 bridgehead atoms. The van der Waals surface area contributed by atoms with Crippen LogP contribution in [0, 0.1) is 10.8 Å². The van der Waals surface area contributed by atoms with Crippen LogP contribution in [-0.4, -0.2) is 127 Å². The molecule has 0 aliphatic rings. The van der Waals surface area contributed by atoms with Crippen molar-refractivity contribution >= 4 is 17.9 Å². The van der Waals surface area contributed by atoms with Gasteiger partial charge < -0.3 is 56.2 Å². The van der Waals surface area contributed by atoms with E-state index in [0.29, 0.717) is 0 Å². The molecule has 0 amide bonds. The van der Waals surface area contributed by atoms with Crippen molar-refractivity contribution in [2.24, 2.45) is 10.8 Å². The molecule has 0 spiro atoms. The summed E-state index contributed by atoms with van der Waals surface area (Å²) in [5, 5.41) is 90.8. The SMILES string of the molecule is C=CC(=O)O.C=CC(=O)O.C=CC(=O)O.OCC(CO)(CO)CO.OCC(CO)(CO)CO. The van der Waals surface area contributed by atoms with Gasteiger partial charge in [-0.25, -0.2) is 14.4 Å². The summed E-state index contributed by atoms with van der Waals surface area (Å²) >= 11 is 0. The fourth-order valence-corrected chi connectivity index (χ4v) is 0.600. The van der Waals surface area contributed by atoms with E-state index in [2.05, 4.69) is 19.7 Å². The summed E-state index contributed by atoms with van der Waals surface area (Å²) in [5.41, 5.74) is -2.22. The van der Waals surface area contributed by atoms with Gasteiger partial charge >= 0.3 is 17.9 Å². The van der Waals surface area contributed by atoms with Crippen molar-refractivity contribution in [2.75, 3.05) is 52.9 Å². The van der Waals surface area contributed by atoms with E-state index in [1.807, 2.05) is 0 Å². The topological polar surface area (TPSA) is 274 Å². The predicted octanol–water partition coefficient (Wildman–Crippen LogP) is -3.34. The predicted molar refractivity (Wildman–Crippen MR) is 115 cm³/mol. The monoisotopic (exact) mass is 488 g/mol. The zero-order valence-electron chi connectivity index (χ0n) is 18.2. The van der Waals surface area contributed by atoms with Crippen LogP contribution in [0.1, 0.15) is 0 Å². The number of rotatable bonds is 11. The standard InChI is InChI=1S/2C5H12O4.3C3H4O2/c2*6-1-5(2-7,3-8)4-9;3*1-2-3(4)5/h2*6-9H,1-4H2;3*2H,1H2,(H,4,5). The lowest BCUT2D eigenvalue weighted by Crippen LogP contribution is -2.37. The van der Waals surface area contributed by atoms with Gasteiger partial charge in [-0.3, -0.25) is 0 Å². The minimum Gasteiger partial charge on any atom is -0.478 e. The molecular weight excluding hydrogens is 452 g/mol. The van der Waals surface area contributed by atoms with Crippen LogP contribution in [0.25, 0.3) is 0 Å². The third kappa shape index (κ3) is 29.3. The molecule has 0 saturated heterocycles. The molecule has 0 aliphatic heterocycles. The van der Waals surface area contributed by atoms with Crippen LogP contribution in [0.15, 0.2) is 38.0 Å². The summed E-state index contributed by atoms with van der Waals surface area (Å²) in [6.07, 6.45) is 2.50. The molecule has 0 aliphatic carbocycles. The summed E-state index contributed by atoms with van der Waals surface area (Å²) in [7, 11) is 0. The van der Waals surface area contributed by atoms with E-state index in [0.717, 1.165) is 18.2 Å². The molecule has 0 fully saturated rings. The average Bonchev–Trinajstić information content (AvgIpc) is 2.84. The van der Waals surface area contributed by atoms with Crippen LogP contribution in [0.5, 0.6) is 0 Å². The van der Waals surface area contributed by atoms with Crippen molar-refractivity contribution < 1.29 is 70.6 Å². The Labute approximate surface area is 190 Å². The van der Waals surface area contributed by atoms with E-state index in [9.17, 15) is 14.4 Å². The molecule has 0 radical (unpaired) electrons. The van der Waals surface area contributed by atoms with E-state index in [4.69, 9.17) is 56.2 Å². The van der Waals surface area contributed by atoms with Gasteiger partial charge in [0.1, 0.15) is 0 Å². The van der Waals surface area contributed by atoms with Gasteiger partial charge in [0.05, 0.1) is 63.7 Å². The molecule has 0 atom stereocenters. The average molecular weight is 488 g/mol. The van der Waals surface area contributed by atoms with E-state index >= 15 is 0 Å². The quantitative estimate of drug-likeness (QED) is 0.127. The van der Waals surface area contributed by atoms with Gasteiger partial charge in [-0.15, -0.1) is 0 Å². The van der Waals surface area contributed by atoms with Gasteiger partial charge in [0, 0.05) is 18.2 Å². The Morgan fingerprint density at radius 1 is 0.455 bits per heavy atom. The normalized spacial score (nSPS) is 9.45. The largest absolute Gasteiger partial charge is 0.478 e. The maximum absolute atomic E-state index is 9.25. The van der Waals surface area contributed by atoms with Crippen molar-refractivity contribution in [1.82, 2.24) is 0 Å². The molecule has 0 unspecified atom stereocenters. The number of carbonyl (C=O) groups is 3. The molecular formula is C19H36O14. The van der Waals surface area contributed by atoms with E-state index in [-0.39, 0.29) is 0 Å². The van der Waals surface area contributed by atoms with Crippen LogP contribution >= 0.6 is 0 Å². The molecule has 0 aromatic heterocycles. The number of hydrogen-bond donors (Lipinski definition) is 11. The molecule has 33 heavy (non-hydrogen) atoms. The second-order valence-corrected chi connectivity index (χ2v) is 5.89. The molecule has 196 valence electrons.